The lowest BCUT2D eigenvalue weighted by Gasteiger charge is -1.83. The van der Waals surface area contributed by atoms with E-state index in [0.29, 0.717) is 0 Å². The second kappa shape index (κ2) is 2.92. The fourth-order valence-electron chi connectivity index (χ4n) is 0.406. The maximum Gasteiger partial charge on any atom is 0.357 e. The minimum atomic E-state index is -1.05. The van der Waals surface area contributed by atoms with Crippen molar-refractivity contribution in [2.75, 3.05) is 0 Å². The van der Waals surface area contributed by atoms with Gasteiger partial charge in [-0.05, 0) is 0 Å². The van der Waals surface area contributed by atoms with Crippen LogP contribution in [0.2, 0.25) is 0 Å². The summed E-state index contributed by atoms with van der Waals surface area (Å²) < 4.78 is 12.0. The summed E-state index contributed by atoms with van der Waals surface area (Å²) in [6, 6.07) is 0.918. The van der Waals surface area contributed by atoms with Gasteiger partial charge in [0.05, 0.1) is 0 Å². The molecule has 1 rings (SSSR count). The van der Waals surface area contributed by atoms with Crippen molar-refractivity contribution in [1.29, 1.82) is 0 Å². The molecule has 0 fully saturated rings. The number of nitrogens with one attached hydrogen (secondary N) is 1. The normalized spacial score (nSPS) is 8.50. The van der Waals surface area contributed by atoms with Crippen LogP contribution in [0.25, 0.3) is 0 Å². The van der Waals surface area contributed by atoms with E-state index in [1.165, 1.54) is 0 Å². The molecule has 6 heteroatoms. The number of hydrogen-bond acceptors (Lipinski definition) is 3. The molecule has 0 amide bonds. The number of rotatable bonds is 0. The predicted octanol–water partition coefficient (Wildman–Crippen LogP) is -0.569. The zero-order valence-electron chi connectivity index (χ0n) is 5.00. The highest BCUT2D eigenvalue weighted by Gasteiger charge is 1.93. The maximum absolute atomic E-state index is 12.0. The van der Waals surface area contributed by atoms with Crippen LogP contribution in [-0.2, 0) is 0 Å². The largest absolute Gasteiger partial charge is 0.357 e. The van der Waals surface area contributed by atoms with E-state index in [0.717, 1.165) is 12.3 Å². The van der Waals surface area contributed by atoms with Crippen LogP contribution in [0.15, 0.2) is 21.9 Å². The van der Waals surface area contributed by atoms with Crippen molar-refractivity contribution in [2.45, 2.75) is 0 Å². The summed E-state index contributed by atoms with van der Waals surface area (Å²) in [5.41, 5.74) is -2.01. The first-order valence-electron chi connectivity index (χ1n) is 2.19. The number of aromatic amines is 1. The van der Waals surface area contributed by atoms with Gasteiger partial charge in [-0.1, -0.05) is 9.27 Å². The van der Waals surface area contributed by atoms with Gasteiger partial charge in [0.2, 0.25) is 0 Å². The van der Waals surface area contributed by atoms with Gasteiger partial charge in [-0.15, -0.1) is 0 Å². The van der Waals surface area contributed by atoms with Crippen LogP contribution in [0.5, 0.6) is 0 Å². The van der Waals surface area contributed by atoms with Crippen LogP contribution in [0, 0.1) is 0 Å². The molecule has 4 N–H and O–H groups in total. The highest BCUT2D eigenvalue weighted by Crippen LogP contribution is 1.62. The quantitative estimate of drug-likeness (QED) is 0.515. The Bertz CT molecular complexity index is 287. The van der Waals surface area contributed by atoms with E-state index in [2.05, 4.69) is 0 Å². The SMILES string of the molecule is N.O=c1cc[nH]c(=O)n1F. The van der Waals surface area contributed by atoms with Gasteiger partial charge in [-0.25, -0.2) is 4.79 Å². The fraction of sp³-hybridized carbons (Fsp3) is 0. The van der Waals surface area contributed by atoms with Crippen LogP contribution in [0.4, 0.5) is 4.48 Å². The summed E-state index contributed by atoms with van der Waals surface area (Å²) in [6.45, 7) is 0. The average molecular weight is 147 g/mol. The molecule has 1 aromatic heterocycles. The third-order valence-corrected chi connectivity index (χ3v) is 0.805. The van der Waals surface area contributed by atoms with Crippen molar-refractivity contribution in [1.82, 2.24) is 15.9 Å². The molecule has 0 aliphatic carbocycles. The van der Waals surface area contributed by atoms with Crippen molar-refractivity contribution in [3.05, 3.63) is 33.1 Å². The molecule has 56 valence electrons. The van der Waals surface area contributed by atoms with E-state index in [1.54, 1.807) is 0 Å². The number of halogens is 1. The number of aromatic nitrogens is 2. The van der Waals surface area contributed by atoms with E-state index >= 15 is 0 Å². The summed E-state index contributed by atoms with van der Waals surface area (Å²) >= 11 is 0. The van der Waals surface area contributed by atoms with E-state index in [-0.39, 0.29) is 6.15 Å². The topological polar surface area (TPSA) is 89.9 Å². The molecule has 0 aliphatic rings. The van der Waals surface area contributed by atoms with Crippen LogP contribution in [0.1, 0.15) is 0 Å². The summed E-state index contributed by atoms with van der Waals surface area (Å²) in [7, 11) is 0. The summed E-state index contributed by atoms with van der Waals surface area (Å²) in [4.78, 5) is 21.9. The van der Waals surface area contributed by atoms with Crippen molar-refractivity contribution in [3.63, 3.8) is 0 Å². The second-order valence-corrected chi connectivity index (χ2v) is 1.40. The minimum Gasteiger partial charge on any atom is -0.344 e. The third-order valence-electron chi connectivity index (χ3n) is 0.805. The molecule has 0 unspecified atom stereocenters. The van der Waals surface area contributed by atoms with Crippen LogP contribution >= 0.6 is 0 Å². The number of nitrogens with zero attached hydrogens (tertiary/aromatic N) is 1. The first-order chi connectivity index (χ1) is 4.22. The van der Waals surface area contributed by atoms with Gasteiger partial charge in [0.25, 0.3) is 5.56 Å². The van der Waals surface area contributed by atoms with E-state index in [9.17, 15) is 14.1 Å². The maximum atomic E-state index is 12.0. The van der Waals surface area contributed by atoms with E-state index < -0.39 is 16.0 Å². The molecule has 0 radical (unpaired) electrons. The first-order valence-corrected chi connectivity index (χ1v) is 2.19. The van der Waals surface area contributed by atoms with Gasteiger partial charge in [-0.3, -0.25) is 4.79 Å². The lowest BCUT2D eigenvalue weighted by atomic mass is 10.7. The Morgan fingerprint density at radius 2 is 2.10 bits per heavy atom. The average Bonchev–Trinajstić information content (AvgIpc) is 1.83. The highest BCUT2D eigenvalue weighted by molar-refractivity contribution is 4.79. The fourth-order valence-corrected chi connectivity index (χ4v) is 0.406. The molecular weight excluding hydrogens is 141 g/mol. The summed E-state index contributed by atoms with van der Waals surface area (Å²) in [5.74, 6) is 0. The van der Waals surface area contributed by atoms with Gasteiger partial charge in [0.1, 0.15) is 0 Å². The zero-order chi connectivity index (χ0) is 6.85. The molecular formula is C4H6FN3O2. The smallest absolute Gasteiger partial charge is 0.344 e. The molecule has 0 atom stereocenters. The summed E-state index contributed by atoms with van der Waals surface area (Å²) in [5, 5.41) is 0. The standard InChI is InChI=1S/C4H3FN2O2.H3N/c5-7-3(8)1-2-6-4(7)9;/h1-2H,(H,6,9);1H3. The predicted molar refractivity (Wildman–Crippen MR) is 32.9 cm³/mol. The summed E-state index contributed by atoms with van der Waals surface area (Å²) in [6.07, 6.45) is 1.08. The van der Waals surface area contributed by atoms with Crippen molar-refractivity contribution in [3.8, 4) is 0 Å². The Morgan fingerprint density at radius 3 is 2.50 bits per heavy atom. The zero-order valence-corrected chi connectivity index (χ0v) is 5.00. The Labute approximate surface area is 54.6 Å². The molecule has 5 nitrogen and oxygen atoms in total. The first kappa shape index (κ1) is 8.57. The molecule has 0 bridgehead atoms. The van der Waals surface area contributed by atoms with Crippen molar-refractivity contribution < 1.29 is 4.48 Å². The van der Waals surface area contributed by atoms with Gasteiger partial charge in [0.15, 0.2) is 0 Å². The molecule has 1 aromatic rings. The second-order valence-electron chi connectivity index (χ2n) is 1.40. The molecule has 0 spiro atoms. The van der Waals surface area contributed by atoms with Gasteiger partial charge in [-0.2, -0.15) is 0 Å². The lowest BCUT2D eigenvalue weighted by Crippen LogP contribution is -2.28. The van der Waals surface area contributed by atoms with Gasteiger partial charge >= 0.3 is 5.69 Å². The Kier molecular flexibility index (Phi) is 2.51. The third kappa shape index (κ3) is 1.29. The minimum absolute atomic E-state index is 0. The van der Waals surface area contributed by atoms with Crippen molar-refractivity contribution in [2.24, 2.45) is 0 Å². The Balaban J connectivity index is 0.000000810. The van der Waals surface area contributed by atoms with E-state index in [4.69, 9.17) is 0 Å². The molecule has 10 heavy (non-hydrogen) atoms. The van der Waals surface area contributed by atoms with Gasteiger partial charge < -0.3 is 11.1 Å². The lowest BCUT2D eigenvalue weighted by molar-refractivity contribution is 0.330. The van der Waals surface area contributed by atoms with Crippen LogP contribution < -0.4 is 17.4 Å². The molecule has 1 heterocycles. The van der Waals surface area contributed by atoms with Crippen LogP contribution in [0.3, 0.4) is 0 Å². The van der Waals surface area contributed by atoms with Crippen molar-refractivity contribution >= 4 is 0 Å². The number of hydrogen-bond donors (Lipinski definition) is 2. The Morgan fingerprint density at radius 1 is 1.50 bits per heavy atom. The molecule has 0 saturated carbocycles. The van der Waals surface area contributed by atoms with Crippen LogP contribution in [-0.4, -0.2) is 9.77 Å². The van der Waals surface area contributed by atoms with E-state index in [1.807, 2.05) is 4.98 Å². The molecule has 0 aromatic carbocycles. The van der Waals surface area contributed by atoms with Gasteiger partial charge in [0, 0.05) is 12.3 Å². The monoisotopic (exact) mass is 147 g/mol. The molecule has 0 saturated heterocycles. The number of H-pyrrole nitrogens is 1. The Hall–Kier alpha value is -1.43. The molecule has 0 aliphatic heterocycles. The highest BCUT2D eigenvalue weighted by atomic mass is 19.2.